The van der Waals surface area contributed by atoms with Gasteiger partial charge in [0.2, 0.25) is 0 Å². The highest BCUT2D eigenvalue weighted by molar-refractivity contribution is 6.30. The summed E-state index contributed by atoms with van der Waals surface area (Å²) in [6.45, 7) is -0.0335. The maximum atomic E-state index is 13.2. The summed E-state index contributed by atoms with van der Waals surface area (Å²) >= 11 is 5.45. The van der Waals surface area contributed by atoms with Gasteiger partial charge in [0.25, 0.3) is 0 Å². The van der Waals surface area contributed by atoms with Crippen LogP contribution in [0.3, 0.4) is 0 Å². The highest BCUT2D eigenvalue weighted by atomic mass is 35.5. The van der Waals surface area contributed by atoms with Crippen molar-refractivity contribution in [3.8, 4) is 0 Å². The summed E-state index contributed by atoms with van der Waals surface area (Å²) in [6.07, 6.45) is 0. The molecule has 0 radical (unpaired) electrons. The third kappa shape index (κ3) is 1.96. The molecule has 0 amide bonds. The van der Waals surface area contributed by atoms with Gasteiger partial charge in [0.1, 0.15) is 11.6 Å². The van der Waals surface area contributed by atoms with Gasteiger partial charge in [0.15, 0.2) is 0 Å². The number of nitrogens with two attached hydrogens (primary N) is 2. The first-order chi connectivity index (χ1) is 6.07. The van der Waals surface area contributed by atoms with Crippen LogP contribution in [0, 0.1) is 11.6 Å². The molecular formula is C8H9ClF2N2. The lowest BCUT2D eigenvalue weighted by molar-refractivity contribution is 0.528. The van der Waals surface area contributed by atoms with Crippen LogP contribution in [0.15, 0.2) is 12.1 Å². The van der Waals surface area contributed by atoms with E-state index in [1.807, 2.05) is 0 Å². The molecule has 0 spiro atoms. The molecule has 72 valence electrons. The fourth-order valence-corrected chi connectivity index (χ4v) is 1.17. The van der Waals surface area contributed by atoms with E-state index in [1.54, 1.807) is 0 Å². The van der Waals surface area contributed by atoms with Crippen molar-refractivity contribution in [1.82, 2.24) is 0 Å². The smallest absolute Gasteiger partial charge is 0.149 e. The molecule has 1 rings (SSSR count). The van der Waals surface area contributed by atoms with Gasteiger partial charge < -0.3 is 11.5 Å². The van der Waals surface area contributed by atoms with E-state index in [0.29, 0.717) is 0 Å². The molecule has 0 bridgehead atoms. The van der Waals surface area contributed by atoms with Crippen LogP contribution < -0.4 is 11.5 Å². The minimum absolute atomic E-state index is 0.0335. The van der Waals surface area contributed by atoms with Crippen molar-refractivity contribution in [1.29, 1.82) is 0 Å². The number of hydrogen-bond donors (Lipinski definition) is 2. The van der Waals surface area contributed by atoms with Crippen LogP contribution in [0.1, 0.15) is 11.6 Å². The Labute approximate surface area is 79.5 Å². The number of rotatable bonds is 2. The SMILES string of the molecule is NC[C@H](N)c1c(F)ccc(Cl)c1F. The number of halogens is 3. The molecule has 0 saturated carbocycles. The molecule has 1 aromatic rings. The number of hydrogen-bond acceptors (Lipinski definition) is 2. The van der Waals surface area contributed by atoms with Crippen LogP contribution in [0.5, 0.6) is 0 Å². The average Bonchev–Trinajstić information content (AvgIpc) is 2.12. The van der Waals surface area contributed by atoms with E-state index >= 15 is 0 Å². The van der Waals surface area contributed by atoms with Gasteiger partial charge in [0.05, 0.1) is 5.02 Å². The molecule has 5 heteroatoms. The molecule has 0 saturated heterocycles. The molecule has 0 heterocycles. The van der Waals surface area contributed by atoms with E-state index in [9.17, 15) is 8.78 Å². The van der Waals surface area contributed by atoms with E-state index in [2.05, 4.69) is 0 Å². The van der Waals surface area contributed by atoms with Crippen molar-refractivity contribution in [2.45, 2.75) is 6.04 Å². The Hall–Kier alpha value is -0.710. The lowest BCUT2D eigenvalue weighted by Crippen LogP contribution is -2.23. The molecule has 2 nitrogen and oxygen atoms in total. The summed E-state index contributed by atoms with van der Waals surface area (Å²) in [5.74, 6) is -1.56. The van der Waals surface area contributed by atoms with Crippen molar-refractivity contribution in [3.63, 3.8) is 0 Å². The zero-order valence-electron chi connectivity index (χ0n) is 6.73. The van der Waals surface area contributed by atoms with Gasteiger partial charge in [-0.3, -0.25) is 0 Å². The van der Waals surface area contributed by atoms with Crippen LogP contribution in [0.25, 0.3) is 0 Å². The lowest BCUT2D eigenvalue weighted by Gasteiger charge is -2.11. The first-order valence-corrected chi connectivity index (χ1v) is 4.04. The molecule has 13 heavy (non-hydrogen) atoms. The average molecular weight is 207 g/mol. The van der Waals surface area contributed by atoms with E-state index < -0.39 is 17.7 Å². The Balaban J connectivity index is 3.25. The third-order valence-corrected chi connectivity index (χ3v) is 2.00. The molecule has 0 fully saturated rings. The Bertz CT molecular complexity index is 317. The van der Waals surface area contributed by atoms with Crippen LogP contribution in [0.2, 0.25) is 5.02 Å². The normalized spacial score (nSPS) is 13.0. The van der Waals surface area contributed by atoms with Gasteiger partial charge in [-0.05, 0) is 12.1 Å². The second-order valence-corrected chi connectivity index (χ2v) is 3.01. The molecule has 0 unspecified atom stereocenters. The van der Waals surface area contributed by atoms with Crippen LogP contribution in [-0.4, -0.2) is 6.54 Å². The predicted octanol–water partition coefficient (Wildman–Crippen LogP) is 1.58. The first kappa shape index (κ1) is 10.4. The standard InChI is InChI=1S/C8H9ClF2N2/c9-4-1-2-5(10)7(8(4)11)6(13)3-12/h1-2,6H,3,12-13H2/t6-/m0/s1. The Kier molecular flexibility index (Phi) is 3.19. The lowest BCUT2D eigenvalue weighted by atomic mass is 10.1. The highest BCUT2D eigenvalue weighted by Gasteiger charge is 2.17. The zero-order chi connectivity index (χ0) is 10.0. The van der Waals surface area contributed by atoms with E-state index in [-0.39, 0.29) is 17.1 Å². The van der Waals surface area contributed by atoms with E-state index in [0.717, 1.165) is 12.1 Å². The summed E-state index contributed by atoms with van der Waals surface area (Å²) in [6, 6.07) is 1.34. The molecule has 0 aliphatic carbocycles. The van der Waals surface area contributed by atoms with Crippen LogP contribution in [-0.2, 0) is 0 Å². The summed E-state index contributed by atoms with van der Waals surface area (Å²) in [7, 11) is 0. The van der Waals surface area contributed by atoms with Crippen molar-refractivity contribution < 1.29 is 8.78 Å². The summed E-state index contributed by atoms with van der Waals surface area (Å²) < 4.78 is 26.2. The molecule has 1 atom stereocenters. The van der Waals surface area contributed by atoms with Crippen molar-refractivity contribution >= 4 is 11.6 Å². The van der Waals surface area contributed by atoms with Crippen molar-refractivity contribution in [2.24, 2.45) is 11.5 Å². The minimum Gasteiger partial charge on any atom is -0.329 e. The molecule has 0 aliphatic rings. The fourth-order valence-electron chi connectivity index (χ4n) is 1.00. The molecular weight excluding hydrogens is 198 g/mol. The quantitative estimate of drug-likeness (QED) is 0.722. The topological polar surface area (TPSA) is 52.0 Å². The summed E-state index contributed by atoms with van der Waals surface area (Å²) in [5, 5.41) is -0.152. The maximum Gasteiger partial charge on any atom is 0.149 e. The fraction of sp³-hybridized carbons (Fsp3) is 0.250. The van der Waals surface area contributed by atoms with E-state index in [4.69, 9.17) is 23.1 Å². The van der Waals surface area contributed by atoms with Crippen molar-refractivity contribution in [3.05, 3.63) is 34.4 Å². The van der Waals surface area contributed by atoms with Crippen LogP contribution in [0.4, 0.5) is 8.78 Å². The Morgan fingerprint density at radius 3 is 2.54 bits per heavy atom. The predicted molar refractivity (Wildman–Crippen MR) is 47.4 cm³/mol. The largest absolute Gasteiger partial charge is 0.329 e. The van der Waals surface area contributed by atoms with Crippen molar-refractivity contribution in [2.75, 3.05) is 6.54 Å². The van der Waals surface area contributed by atoms with Crippen LogP contribution >= 0.6 is 11.6 Å². The second-order valence-electron chi connectivity index (χ2n) is 2.60. The maximum absolute atomic E-state index is 13.2. The van der Waals surface area contributed by atoms with Gasteiger partial charge in [0, 0.05) is 18.2 Å². The molecule has 4 N–H and O–H groups in total. The molecule has 0 aliphatic heterocycles. The Morgan fingerprint density at radius 1 is 1.38 bits per heavy atom. The van der Waals surface area contributed by atoms with Gasteiger partial charge in [-0.25, -0.2) is 8.78 Å². The molecule has 0 aromatic heterocycles. The van der Waals surface area contributed by atoms with Gasteiger partial charge in [-0.1, -0.05) is 11.6 Å². The number of benzene rings is 1. The minimum atomic E-state index is -0.862. The highest BCUT2D eigenvalue weighted by Crippen LogP contribution is 2.24. The monoisotopic (exact) mass is 206 g/mol. The van der Waals surface area contributed by atoms with E-state index in [1.165, 1.54) is 0 Å². The molecule has 1 aromatic carbocycles. The van der Waals surface area contributed by atoms with Gasteiger partial charge >= 0.3 is 0 Å². The summed E-state index contributed by atoms with van der Waals surface area (Å²) in [4.78, 5) is 0. The summed E-state index contributed by atoms with van der Waals surface area (Å²) in [5.41, 5.74) is 10.3. The zero-order valence-corrected chi connectivity index (χ0v) is 7.48. The van der Waals surface area contributed by atoms with Gasteiger partial charge in [-0.2, -0.15) is 0 Å². The Morgan fingerprint density at radius 2 is 2.00 bits per heavy atom. The van der Waals surface area contributed by atoms with Gasteiger partial charge in [-0.15, -0.1) is 0 Å². The second kappa shape index (κ2) is 4.00. The first-order valence-electron chi connectivity index (χ1n) is 3.67. The third-order valence-electron chi connectivity index (χ3n) is 1.70.